The molecule has 1 aromatic heterocycles. The largest absolute Gasteiger partial charge is 0.493 e. The lowest BCUT2D eigenvalue weighted by atomic mass is 10.1. The van der Waals surface area contributed by atoms with E-state index >= 15 is 0 Å². The summed E-state index contributed by atoms with van der Waals surface area (Å²) in [5.74, 6) is 1.07. The SMILES string of the molecule is COc1ccc(C(=O)N/C(=C\c2ccco2)C(=O)N[C@@H](C)COc2ccc(C)c(C)c2)cc1OC. The average molecular weight is 479 g/mol. The first-order valence-electron chi connectivity index (χ1n) is 11.1. The van der Waals surface area contributed by atoms with Gasteiger partial charge in [0.2, 0.25) is 0 Å². The van der Waals surface area contributed by atoms with Crippen LogP contribution in [0.1, 0.15) is 34.2 Å². The van der Waals surface area contributed by atoms with E-state index in [1.807, 2.05) is 39.0 Å². The van der Waals surface area contributed by atoms with Crippen LogP contribution in [0.2, 0.25) is 0 Å². The van der Waals surface area contributed by atoms with Crippen molar-refractivity contribution in [3.05, 3.63) is 82.9 Å². The predicted molar refractivity (Wildman–Crippen MR) is 133 cm³/mol. The molecule has 0 aliphatic rings. The minimum absolute atomic E-state index is 0.0257. The molecule has 8 heteroatoms. The highest BCUT2D eigenvalue weighted by molar-refractivity contribution is 6.05. The molecule has 2 amide bonds. The van der Waals surface area contributed by atoms with Crippen LogP contribution in [0.15, 0.2) is 64.9 Å². The highest BCUT2D eigenvalue weighted by Gasteiger charge is 2.19. The van der Waals surface area contributed by atoms with Crippen molar-refractivity contribution >= 4 is 17.9 Å². The minimum atomic E-state index is -0.488. The van der Waals surface area contributed by atoms with E-state index in [-0.39, 0.29) is 18.3 Å². The van der Waals surface area contributed by atoms with Crippen LogP contribution < -0.4 is 24.8 Å². The van der Waals surface area contributed by atoms with E-state index in [0.29, 0.717) is 22.8 Å². The Kier molecular flexibility index (Phi) is 8.56. The van der Waals surface area contributed by atoms with Crippen molar-refractivity contribution in [2.75, 3.05) is 20.8 Å². The molecule has 0 aliphatic carbocycles. The molecule has 0 radical (unpaired) electrons. The molecule has 0 saturated heterocycles. The second-order valence-corrected chi connectivity index (χ2v) is 8.03. The third-order valence-electron chi connectivity index (χ3n) is 5.32. The van der Waals surface area contributed by atoms with Gasteiger partial charge >= 0.3 is 0 Å². The van der Waals surface area contributed by atoms with Gasteiger partial charge in [0.05, 0.1) is 26.5 Å². The molecule has 1 heterocycles. The van der Waals surface area contributed by atoms with Gasteiger partial charge in [0.25, 0.3) is 11.8 Å². The average Bonchev–Trinajstić information content (AvgIpc) is 3.37. The maximum absolute atomic E-state index is 13.0. The first-order valence-corrected chi connectivity index (χ1v) is 11.1. The Morgan fingerprint density at radius 1 is 1.00 bits per heavy atom. The van der Waals surface area contributed by atoms with Crippen LogP contribution in [-0.2, 0) is 4.79 Å². The zero-order chi connectivity index (χ0) is 25.4. The fourth-order valence-electron chi connectivity index (χ4n) is 3.21. The molecule has 1 atom stereocenters. The van der Waals surface area contributed by atoms with Crippen molar-refractivity contribution in [2.24, 2.45) is 0 Å². The van der Waals surface area contributed by atoms with Crippen molar-refractivity contribution < 1.29 is 28.2 Å². The number of furan rings is 1. The van der Waals surface area contributed by atoms with Crippen LogP contribution in [0.4, 0.5) is 0 Å². The normalized spacial score (nSPS) is 12.0. The van der Waals surface area contributed by atoms with E-state index < -0.39 is 11.8 Å². The lowest BCUT2D eigenvalue weighted by Crippen LogP contribution is -2.41. The lowest BCUT2D eigenvalue weighted by Gasteiger charge is -2.17. The van der Waals surface area contributed by atoms with Crippen molar-refractivity contribution in [3.8, 4) is 17.2 Å². The fourth-order valence-corrected chi connectivity index (χ4v) is 3.21. The number of carbonyl (C=O) groups is 2. The van der Waals surface area contributed by atoms with Crippen molar-refractivity contribution in [1.82, 2.24) is 10.6 Å². The lowest BCUT2D eigenvalue weighted by molar-refractivity contribution is -0.118. The first kappa shape index (κ1) is 25.4. The highest BCUT2D eigenvalue weighted by atomic mass is 16.5. The Bertz CT molecular complexity index is 1200. The summed E-state index contributed by atoms with van der Waals surface area (Å²) >= 11 is 0. The number of aryl methyl sites for hydroxylation is 2. The summed E-state index contributed by atoms with van der Waals surface area (Å²) in [5, 5.41) is 5.52. The molecule has 0 saturated carbocycles. The number of hydrogen-bond acceptors (Lipinski definition) is 6. The Morgan fingerprint density at radius 3 is 2.43 bits per heavy atom. The molecule has 2 N–H and O–H groups in total. The molecule has 2 aromatic carbocycles. The van der Waals surface area contributed by atoms with Crippen molar-refractivity contribution in [2.45, 2.75) is 26.8 Å². The minimum Gasteiger partial charge on any atom is -0.493 e. The van der Waals surface area contributed by atoms with E-state index in [2.05, 4.69) is 10.6 Å². The predicted octanol–water partition coefficient (Wildman–Crippen LogP) is 4.27. The number of carbonyl (C=O) groups excluding carboxylic acids is 2. The van der Waals surface area contributed by atoms with Crippen molar-refractivity contribution in [1.29, 1.82) is 0 Å². The summed E-state index contributed by atoms with van der Waals surface area (Å²) in [6.45, 7) is 6.12. The summed E-state index contributed by atoms with van der Waals surface area (Å²) in [4.78, 5) is 26.0. The standard InChI is InChI=1S/C27H30N2O6/c1-17-8-10-22(13-18(17)2)35-16-19(3)28-27(31)23(15-21-7-6-12-34-21)29-26(30)20-9-11-24(32-4)25(14-20)33-5/h6-15,19H,16H2,1-5H3,(H,28,31)(H,29,30)/b23-15-/t19-/m0/s1. The van der Waals surface area contributed by atoms with Gasteiger partial charge in [-0.25, -0.2) is 0 Å². The smallest absolute Gasteiger partial charge is 0.268 e. The van der Waals surface area contributed by atoms with Crippen LogP contribution in [0, 0.1) is 13.8 Å². The molecular weight excluding hydrogens is 448 g/mol. The van der Waals surface area contributed by atoms with Crippen molar-refractivity contribution in [3.63, 3.8) is 0 Å². The number of ether oxygens (including phenoxy) is 3. The molecule has 8 nitrogen and oxygen atoms in total. The monoisotopic (exact) mass is 478 g/mol. The summed E-state index contributed by atoms with van der Waals surface area (Å²) in [6.07, 6.45) is 2.95. The molecule has 0 fully saturated rings. The first-order chi connectivity index (χ1) is 16.8. The maximum atomic E-state index is 13.0. The number of amides is 2. The van der Waals surface area contributed by atoms with Gasteiger partial charge in [-0.05, 0) is 74.4 Å². The molecule has 35 heavy (non-hydrogen) atoms. The van der Waals surface area contributed by atoms with Gasteiger partial charge in [-0.3, -0.25) is 9.59 Å². The second kappa shape index (κ2) is 11.8. The molecule has 0 unspecified atom stereocenters. The van der Waals surface area contributed by atoms with Crippen LogP contribution in [0.3, 0.4) is 0 Å². The third kappa shape index (κ3) is 6.89. The molecule has 184 valence electrons. The van der Waals surface area contributed by atoms with Gasteiger partial charge in [0.1, 0.15) is 23.8 Å². The number of benzene rings is 2. The fraction of sp³-hybridized carbons (Fsp3) is 0.259. The van der Waals surface area contributed by atoms with Gasteiger partial charge in [0, 0.05) is 11.6 Å². The Labute approximate surface area is 204 Å². The number of nitrogens with one attached hydrogen (secondary N) is 2. The summed E-state index contributed by atoms with van der Waals surface area (Å²) in [7, 11) is 2.99. The van der Waals surface area contributed by atoms with E-state index in [1.165, 1.54) is 38.2 Å². The highest BCUT2D eigenvalue weighted by Crippen LogP contribution is 2.27. The molecule has 0 aliphatic heterocycles. The quantitative estimate of drug-likeness (QED) is 0.422. The Morgan fingerprint density at radius 2 is 1.77 bits per heavy atom. The molecule has 0 bridgehead atoms. The van der Waals surface area contributed by atoms with Gasteiger partial charge in [-0.15, -0.1) is 0 Å². The van der Waals surface area contributed by atoms with E-state index in [1.54, 1.807) is 24.3 Å². The van der Waals surface area contributed by atoms with Crippen LogP contribution in [0.25, 0.3) is 6.08 Å². The Hall–Kier alpha value is -4.20. The Balaban J connectivity index is 1.71. The summed E-state index contributed by atoms with van der Waals surface area (Å²) in [6, 6.07) is 13.6. The van der Waals surface area contributed by atoms with Gasteiger partial charge in [-0.2, -0.15) is 0 Å². The van der Waals surface area contributed by atoms with E-state index in [0.717, 1.165) is 11.3 Å². The van der Waals surface area contributed by atoms with E-state index in [4.69, 9.17) is 18.6 Å². The number of rotatable bonds is 10. The van der Waals surface area contributed by atoms with Crippen LogP contribution in [-0.4, -0.2) is 38.7 Å². The molecule has 0 spiro atoms. The summed E-state index contributed by atoms with van der Waals surface area (Å²) < 4.78 is 21.6. The zero-order valence-electron chi connectivity index (χ0n) is 20.5. The van der Waals surface area contributed by atoms with Crippen LogP contribution >= 0.6 is 0 Å². The van der Waals surface area contributed by atoms with Gasteiger partial charge < -0.3 is 29.3 Å². The van der Waals surface area contributed by atoms with E-state index in [9.17, 15) is 9.59 Å². The van der Waals surface area contributed by atoms with Crippen LogP contribution in [0.5, 0.6) is 17.2 Å². The molecule has 3 aromatic rings. The number of hydrogen-bond donors (Lipinski definition) is 2. The second-order valence-electron chi connectivity index (χ2n) is 8.03. The van der Waals surface area contributed by atoms with Gasteiger partial charge in [0.15, 0.2) is 11.5 Å². The molecule has 3 rings (SSSR count). The maximum Gasteiger partial charge on any atom is 0.268 e. The topological polar surface area (TPSA) is 99.0 Å². The number of methoxy groups -OCH3 is 2. The van der Waals surface area contributed by atoms with Gasteiger partial charge in [-0.1, -0.05) is 6.07 Å². The summed E-state index contributed by atoms with van der Waals surface area (Å²) in [5.41, 5.74) is 2.63. The molecular formula is C27H30N2O6. The zero-order valence-corrected chi connectivity index (χ0v) is 20.5. The third-order valence-corrected chi connectivity index (χ3v) is 5.32.